The molecule has 186 valence electrons. The van der Waals surface area contributed by atoms with E-state index in [1.807, 2.05) is 61.5 Å². The molecular weight excluding hydrogens is 478 g/mol. The summed E-state index contributed by atoms with van der Waals surface area (Å²) in [4.78, 5) is 12.3. The predicted octanol–water partition coefficient (Wildman–Crippen LogP) is 5.28. The smallest absolute Gasteiger partial charge is 0.264 e. The van der Waals surface area contributed by atoms with Crippen LogP contribution in [0.1, 0.15) is 23.5 Å². The van der Waals surface area contributed by atoms with Crippen molar-refractivity contribution < 1.29 is 27.1 Å². The third kappa shape index (κ3) is 6.14. The number of para-hydroxylation sites is 1. The van der Waals surface area contributed by atoms with Gasteiger partial charge in [-0.2, -0.15) is 0 Å². The molecule has 0 aliphatic rings. The van der Waals surface area contributed by atoms with Crippen LogP contribution in [-0.4, -0.2) is 21.4 Å². The average molecular weight is 506 g/mol. The number of furan rings is 1. The van der Waals surface area contributed by atoms with E-state index in [-0.39, 0.29) is 17.7 Å². The highest BCUT2D eigenvalue weighted by atomic mass is 32.2. The van der Waals surface area contributed by atoms with Gasteiger partial charge in [0.1, 0.15) is 29.6 Å². The lowest BCUT2D eigenvalue weighted by Crippen LogP contribution is -2.30. The Hall–Kier alpha value is -4.04. The van der Waals surface area contributed by atoms with Crippen LogP contribution in [0, 0.1) is 6.92 Å². The summed E-state index contributed by atoms with van der Waals surface area (Å²) in [7, 11) is -2.25. The molecule has 8 heteroatoms. The van der Waals surface area contributed by atoms with Gasteiger partial charge in [-0.05, 0) is 48.9 Å². The molecule has 1 N–H and O–H groups in total. The SMILES string of the molecule is COc1ccccc1-c1cccc(OCc2cc(CCC(=O)NS(=O)(=O)c3ccccc3)oc2C)c1. The van der Waals surface area contributed by atoms with Crippen molar-refractivity contribution in [3.63, 3.8) is 0 Å². The van der Waals surface area contributed by atoms with E-state index in [0.717, 1.165) is 22.4 Å². The summed E-state index contributed by atoms with van der Waals surface area (Å²) >= 11 is 0. The van der Waals surface area contributed by atoms with E-state index in [4.69, 9.17) is 13.9 Å². The summed E-state index contributed by atoms with van der Waals surface area (Å²) < 4.78 is 43.9. The van der Waals surface area contributed by atoms with E-state index in [9.17, 15) is 13.2 Å². The molecule has 0 bridgehead atoms. The zero-order valence-electron chi connectivity index (χ0n) is 20.1. The fourth-order valence-electron chi connectivity index (χ4n) is 3.75. The minimum atomic E-state index is -3.89. The standard InChI is InChI=1S/C28H27NO6S/c1-20-22(19-34-23-10-8-9-21(17-23)26-13-6-7-14-27(26)33-2)18-24(35-20)15-16-28(30)29-36(31,32)25-11-4-3-5-12-25/h3-14,17-18H,15-16,19H2,1-2H3,(H,29,30). The molecule has 0 radical (unpaired) electrons. The molecule has 0 unspecified atom stereocenters. The molecule has 1 aromatic heterocycles. The van der Waals surface area contributed by atoms with Crippen LogP contribution in [0.3, 0.4) is 0 Å². The highest BCUT2D eigenvalue weighted by Crippen LogP contribution is 2.32. The van der Waals surface area contributed by atoms with Gasteiger partial charge in [0.25, 0.3) is 10.0 Å². The Morgan fingerprint density at radius 3 is 2.47 bits per heavy atom. The Morgan fingerprint density at radius 1 is 0.944 bits per heavy atom. The number of methoxy groups -OCH3 is 1. The molecule has 0 atom stereocenters. The Labute approximate surface area is 210 Å². The first-order chi connectivity index (χ1) is 17.4. The van der Waals surface area contributed by atoms with Gasteiger partial charge in [-0.25, -0.2) is 13.1 Å². The molecule has 0 aliphatic heterocycles. The highest BCUT2D eigenvalue weighted by Gasteiger charge is 2.18. The molecule has 3 aromatic carbocycles. The largest absolute Gasteiger partial charge is 0.496 e. The van der Waals surface area contributed by atoms with Crippen LogP contribution >= 0.6 is 0 Å². The molecule has 1 amide bonds. The number of hydrogen-bond donors (Lipinski definition) is 1. The Kier molecular flexibility index (Phi) is 7.75. The van der Waals surface area contributed by atoms with Crippen LogP contribution in [0.4, 0.5) is 0 Å². The Bertz CT molecular complexity index is 1440. The number of ether oxygens (including phenoxy) is 2. The number of carbonyl (C=O) groups is 1. The van der Waals surface area contributed by atoms with E-state index in [1.165, 1.54) is 12.1 Å². The van der Waals surface area contributed by atoms with Crippen molar-refractivity contribution in [2.75, 3.05) is 7.11 Å². The molecule has 36 heavy (non-hydrogen) atoms. The molecule has 1 heterocycles. The first-order valence-corrected chi connectivity index (χ1v) is 12.9. The van der Waals surface area contributed by atoms with E-state index in [2.05, 4.69) is 4.72 Å². The van der Waals surface area contributed by atoms with Crippen molar-refractivity contribution in [3.05, 3.63) is 102 Å². The van der Waals surface area contributed by atoms with Gasteiger partial charge >= 0.3 is 0 Å². The van der Waals surface area contributed by atoms with Crippen LogP contribution < -0.4 is 14.2 Å². The second-order valence-corrected chi connectivity index (χ2v) is 9.84. The van der Waals surface area contributed by atoms with Crippen molar-refractivity contribution in [2.24, 2.45) is 0 Å². The molecule has 0 aliphatic carbocycles. The second kappa shape index (κ2) is 11.1. The summed E-state index contributed by atoms with van der Waals surface area (Å²) in [5.41, 5.74) is 2.80. The van der Waals surface area contributed by atoms with E-state index in [1.54, 1.807) is 25.3 Å². The number of benzene rings is 3. The van der Waals surface area contributed by atoms with Gasteiger partial charge in [0, 0.05) is 24.0 Å². The van der Waals surface area contributed by atoms with Crippen LogP contribution in [0.15, 0.2) is 94.2 Å². The van der Waals surface area contributed by atoms with Crippen molar-refractivity contribution in [1.82, 2.24) is 4.72 Å². The maximum absolute atomic E-state index is 12.3. The van der Waals surface area contributed by atoms with E-state index >= 15 is 0 Å². The highest BCUT2D eigenvalue weighted by molar-refractivity contribution is 7.90. The lowest BCUT2D eigenvalue weighted by Gasteiger charge is -2.10. The first-order valence-electron chi connectivity index (χ1n) is 11.4. The number of nitrogens with one attached hydrogen (secondary N) is 1. The zero-order valence-corrected chi connectivity index (χ0v) is 20.9. The van der Waals surface area contributed by atoms with Gasteiger partial charge in [-0.3, -0.25) is 4.79 Å². The van der Waals surface area contributed by atoms with Gasteiger partial charge in [0.15, 0.2) is 0 Å². The minimum Gasteiger partial charge on any atom is -0.496 e. The molecule has 0 saturated heterocycles. The topological polar surface area (TPSA) is 94.8 Å². The van der Waals surface area contributed by atoms with Crippen molar-refractivity contribution in [1.29, 1.82) is 0 Å². The van der Waals surface area contributed by atoms with Gasteiger partial charge in [0.2, 0.25) is 5.91 Å². The van der Waals surface area contributed by atoms with Gasteiger partial charge in [0.05, 0.1) is 12.0 Å². The lowest BCUT2D eigenvalue weighted by molar-refractivity contribution is -0.119. The quantitative estimate of drug-likeness (QED) is 0.315. The normalized spacial score (nSPS) is 11.2. The Balaban J connectivity index is 1.35. The fraction of sp³-hybridized carbons (Fsp3) is 0.179. The summed E-state index contributed by atoms with van der Waals surface area (Å²) in [6.45, 7) is 2.12. The summed E-state index contributed by atoms with van der Waals surface area (Å²) in [6.07, 6.45) is 0.237. The molecule has 0 fully saturated rings. The third-order valence-electron chi connectivity index (χ3n) is 5.62. The zero-order chi connectivity index (χ0) is 25.5. The Morgan fingerprint density at radius 2 is 1.69 bits per heavy atom. The maximum atomic E-state index is 12.3. The average Bonchev–Trinajstić information content (AvgIpc) is 3.26. The molecule has 7 nitrogen and oxygen atoms in total. The van der Waals surface area contributed by atoms with Crippen molar-refractivity contribution in [3.8, 4) is 22.6 Å². The van der Waals surface area contributed by atoms with Gasteiger partial charge < -0.3 is 13.9 Å². The number of hydrogen-bond acceptors (Lipinski definition) is 6. The summed E-state index contributed by atoms with van der Waals surface area (Å²) in [5, 5.41) is 0. The van der Waals surface area contributed by atoms with Crippen molar-refractivity contribution >= 4 is 15.9 Å². The lowest BCUT2D eigenvalue weighted by atomic mass is 10.0. The fourth-order valence-corrected chi connectivity index (χ4v) is 4.78. The van der Waals surface area contributed by atoms with Crippen LogP contribution in [0.25, 0.3) is 11.1 Å². The third-order valence-corrected chi connectivity index (χ3v) is 7.01. The van der Waals surface area contributed by atoms with Gasteiger partial charge in [-0.1, -0.05) is 48.5 Å². The van der Waals surface area contributed by atoms with E-state index in [0.29, 0.717) is 23.9 Å². The molecule has 4 aromatic rings. The molecule has 4 rings (SSSR count). The summed E-state index contributed by atoms with van der Waals surface area (Å²) in [5.74, 6) is 2.15. The van der Waals surface area contributed by atoms with Crippen molar-refractivity contribution in [2.45, 2.75) is 31.3 Å². The van der Waals surface area contributed by atoms with Crippen LogP contribution in [-0.2, 0) is 27.8 Å². The number of amides is 1. The molecule has 0 spiro atoms. The molecular formula is C28H27NO6S. The second-order valence-electron chi connectivity index (χ2n) is 8.15. The van der Waals surface area contributed by atoms with Crippen LogP contribution in [0.5, 0.6) is 11.5 Å². The number of sulfonamides is 1. The molecule has 0 saturated carbocycles. The number of carbonyl (C=O) groups excluding carboxylic acids is 1. The van der Waals surface area contributed by atoms with Gasteiger partial charge in [-0.15, -0.1) is 0 Å². The monoisotopic (exact) mass is 505 g/mol. The summed E-state index contributed by atoms with van der Waals surface area (Å²) in [6, 6.07) is 25.1. The number of aryl methyl sites for hydroxylation is 2. The first kappa shape index (κ1) is 25.1. The predicted molar refractivity (Wildman–Crippen MR) is 136 cm³/mol. The minimum absolute atomic E-state index is 0.0275. The maximum Gasteiger partial charge on any atom is 0.264 e. The van der Waals surface area contributed by atoms with E-state index < -0.39 is 15.9 Å². The van der Waals surface area contributed by atoms with Crippen LogP contribution in [0.2, 0.25) is 0 Å². The number of rotatable bonds is 10.